The van der Waals surface area contributed by atoms with Crippen molar-refractivity contribution in [3.63, 3.8) is 0 Å². The Kier molecular flexibility index (Phi) is 5.22. The minimum Gasteiger partial charge on any atom is -0.446 e. The number of nitrogens with zero attached hydrogens (tertiary/aromatic N) is 5. The number of benzene rings is 1. The zero-order chi connectivity index (χ0) is 19.5. The van der Waals surface area contributed by atoms with Crippen LogP contribution in [0.1, 0.15) is 5.56 Å². The van der Waals surface area contributed by atoms with Crippen molar-refractivity contribution in [2.45, 2.75) is 16.7 Å². The highest BCUT2D eigenvalue weighted by atomic mass is 79.9. The highest BCUT2D eigenvalue weighted by molar-refractivity contribution is 9.10. The Hall–Kier alpha value is -2.98. The molecule has 0 aliphatic heterocycles. The van der Waals surface area contributed by atoms with Crippen molar-refractivity contribution in [2.24, 2.45) is 0 Å². The molecule has 4 aromatic rings. The van der Waals surface area contributed by atoms with Gasteiger partial charge in [-0.15, -0.1) is 10.2 Å². The van der Waals surface area contributed by atoms with Crippen molar-refractivity contribution in [2.75, 3.05) is 0 Å². The predicted molar refractivity (Wildman–Crippen MR) is 106 cm³/mol. The van der Waals surface area contributed by atoms with Crippen molar-refractivity contribution < 1.29 is 9.34 Å². The number of pyridine rings is 1. The molecule has 0 unspecified atom stereocenters. The SMILES string of the molecule is O=[N+]([O-])c1cccnc1Sc1nnc(-c2ccc(Br)o2)n1Cc1ccccc1. The fraction of sp³-hybridized carbons (Fsp3) is 0.0556. The number of hydrogen-bond acceptors (Lipinski definition) is 7. The number of halogens is 1. The van der Waals surface area contributed by atoms with Crippen LogP contribution < -0.4 is 0 Å². The second-order valence-corrected chi connectivity index (χ2v) is 7.41. The second kappa shape index (κ2) is 7.95. The molecule has 0 spiro atoms. The summed E-state index contributed by atoms with van der Waals surface area (Å²) < 4.78 is 8.06. The number of hydrogen-bond donors (Lipinski definition) is 0. The van der Waals surface area contributed by atoms with E-state index in [0.717, 1.165) is 17.3 Å². The minimum atomic E-state index is -0.461. The molecule has 8 nitrogen and oxygen atoms in total. The maximum absolute atomic E-state index is 11.3. The third-order valence-electron chi connectivity index (χ3n) is 3.83. The molecule has 0 N–H and O–H groups in total. The molecular formula is C18H12BrN5O3S. The van der Waals surface area contributed by atoms with E-state index in [1.165, 1.54) is 18.3 Å². The summed E-state index contributed by atoms with van der Waals surface area (Å²) in [5, 5.41) is 20.5. The zero-order valence-electron chi connectivity index (χ0n) is 14.2. The number of furan rings is 1. The van der Waals surface area contributed by atoms with E-state index in [2.05, 4.69) is 31.1 Å². The fourth-order valence-electron chi connectivity index (χ4n) is 2.58. The zero-order valence-corrected chi connectivity index (χ0v) is 16.6. The normalized spacial score (nSPS) is 10.9. The quantitative estimate of drug-likeness (QED) is 0.302. The van der Waals surface area contributed by atoms with E-state index in [1.54, 1.807) is 12.1 Å². The molecule has 0 aliphatic rings. The van der Waals surface area contributed by atoms with E-state index in [0.29, 0.717) is 28.0 Å². The van der Waals surface area contributed by atoms with Crippen LogP contribution in [0.2, 0.25) is 0 Å². The summed E-state index contributed by atoms with van der Waals surface area (Å²) in [7, 11) is 0. The Morgan fingerprint density at radius 1 is 1.11 bits per heavy atom. The van der Waals surface area contributed by atoms with Crippen molar-refractivity contribution in [3.8, 4) is 11.6 Å². The summed E-state index contributed by atoms with van der Waals surface area (Å²) in [5.74, 6) is 1.06. The molecule has 0 amide bonds. The lowest BCUT2D eigenvalue weighted by Gasteiger charge is -2.09. The van der Waals surface area contributed by atoms with E-state index < -0.39 is 4.92 Å². The molecule has 0 saturated carbocycles. The van der Waals surface area contributed by atoms with Gasteiger partial charge < -0.3 is 4.42 Å². The summed E-state index contributed by atoms with van der Waals surface area (Å²) in [4.78, 5) is 15.0. The molecule has 0 fully saturated rings. The van der Waals surface area contributed by atoms with Gasteiger partial charge in [0.15, 0.2) is 20.6 Å². The maximum atomic E-state index is 11.3. The Morgan fingerprint density at radius 3 is 2.64 bits per heavy atom. The first-order valence-electron chi connectivity index (χ1n) is 8.12. The van der Waals surface area contributed by atoms with Gasteiger partial charge in [0, 0.05) is 12.3 Å². The lowest BCUT2D eigenvalue weighted by molar-refractivity contribution is -0.388. The maximum Gasteiger partial charge on any atom is 0.301 e. The molecular weight excluding hydrogens is 446 g/mol. The predicted octanol–water partition coefficient (Wildman–Crippen LogP) is 4.80. The van der Waals surface area contributed by atoms with Crippen LogP contribution in [-0.4, -0.2) is 24.7 Å². The van der Waals surface area contributed by atoms with Gasteiger partial charge in [0.1, 0.15) is 0 Å². The van der Waals surface area contributed by atoms with E-state index in [-0.39, 0.29) is 10.7 Å². The Morgan fingerprint density at radius 2 is 1.93 bits per heavy atom. The Balaban J connectivity index is 1.77. The molecule has 140 valence electrons. The first kappa shape index (κ1) is 18.4. The van der Waals surface area contributed by atoms with Crippen LogP contribution in [0.3, 0.4) is 0 Å². The van der Waals surface area contributed by atoms with E-state index in [9.17, 15) is 10.1 Å². The van der Waals surface area contributed by atoms with Crippen molar-refractivity contribution in [1.82, 2.24) is 19.7 Å². The summed E-state index contributed by atoms with van der Waals surface area (Å²) in [6.45, 7) is 0.477. The molecule has 3 heterocycles. The average Bonchev–Trinajstić information content (AvgIpc) is 3.29. The molecule has 0 radical (unpaired) electrons. The third kappa shape index (κ3) is 3.82. The van der Waals surface area contributed by atoms with Gasteiger partial charge in [-0.05, 0) is 51.5 Å². The van der Waals surface area contributed by atoms with Gasteiger partial charge >= 0.3 is 5.69 Å². The van der Waals surface area contributed by atoms with Gasteiger partial charge in [0.2, 0.25) is 5.82 Å². The lowest BCUT2D eigenvalue weighted by atomic mass is 10.2. The number of aromatic nitrogens is 4. The first-order valence-corrected chi connectivity index (χ1v) is 9.73. The molecule has 0 aliphatic carbocycles. The van der Waals surface area contributed by atoms with Crippen LogP contribution in [0.5, 0.6) is 0 Å². The third-order valence-corrected chi connectivity index (χ3v) is 5.25. The Bertz CT molecular complexity index is 1130. The van der Waals surface area contributed by atoms with Gasteiger partial charge in [-0.2, -0.15) is 0 Å². The molecule has 1 aromatic carbocycles. The largest absolute Gasteiger partial charge is 0.446 e. The molecule has 0 atom stereocenters. The van der Waals surface area contributed by atoms with Crippen molar-refractivity contribution in [3.05, 3.63) is 81.1 Å². The molecule has 3 aromatic heterocycles. The van der Waals surface area contributed by atoms with Crippen molar-refractivity contribution in [1.29, 1.82) is 0 Å². The van der Waals surface area contributed by atoms with Gasteiger partial charge in [0.25, 0.3) is 0 Å². The average molecular weight is 458 g/mol. The number of nitro groups is 1. The van der Waals surface area contributed by atoms with Gasteiger partial charge in [-0.3, -0.25) is 14.7 Å². The van der Waals surface area contributed by atoms with Crippen LogP contribution in [-0.2, 0) is 6.54 Å². The fourth-order valence-corrected chi connectivity index (χ4v) is 3.76. The summed E-state index contributed by atoms with van der Waals surface area (Å²) in [5.41, 5.74) is 0.954. The summed E-state index contributed by atoms with van der Waals surface area (Å²) >= 11 is 4.39. The van der Waals surface area contributed by atoms with Crippen LogP contribution in [0, 0.1) is 10.1 Å². The molecule has 10 heteroatoms. The standard InChI is InChI=1S/C18H12BrN5O3S/c19-15-9-8-14(27-15)16-21-22-18(23(16)11-12-5-2-1-3-6-12)28-17-13(24(25)26)7-4-10-20-17/h1-10H,11H2. The summed E-state index contributed by atoms with van der Waals surface area (Å²) in [6.07, 6.45) is 1.51. The van der Waals surface area contributed by atoms with Crippen LogP contribution in [0.25, 0.3) is 11.6 Å². The van der Waals surface area contributed by atoms with Gasteiger partial charge in [-0.25, -0.2) is 4.98 Å². The van der Waals surface area contributed by atoms with E-state index in [1.807, 2.05) is 34.9 Å². The number of rotatable bonds is 6. The minimum absolute atomic E-state index is 0.0796. The highest BCUT2D eigenvalue weighted by Crippen LogP contribution is 2.34. The molecule has 0 bridgehead atoms. The topological polar surface area (TPSA) is 99.9 Å². The van der Waals surface area contributed by atoms with Crippen LogP contribution >= 0.6 is 27.7 Å². The highest BCUT2D eigenvalue weighted by Gasteiger charge is 2.22. The monoisotopic (exact) mass is 457 g/mol. The van der Waals surface area contributed by atoms with E-state index in [4.69, 9.17) is 4.42 Å². The van der Waals surface area contributed by atoms with Crippen LogP contribution in [0.4, 0.5) is 5.69 Å². The second-order valence-electron chi connectivity index (χ2n) is 5.67. The molecule has 4 rings (SSSR count). The van der Waals surface area contributed by atoms with Gasteiger partial charge in [0.05, 0.1) is 11.5 Å². The smallest absolute Gasteiger partial charge is 0.301 e. The summed E-state index contributed by atoms with van der Waals surface area (Å²) in [6, 6.07) is 16.3. The lowest BCUT2D eigenvalue weighted by Crippen LogP contribution is -2.04. The van der Waals surface area contributed by atoms with Gasteiger partial charge in [-0.1, -0.05) is 30.3 Å². The first-order chi connectivity index (χ1) is 13.6. The Labute approximate surface area is 171 Å². The van der Waals surface area contributed by atoms with E-state index >= 15 is 0 Å². The van der Waals surface area contributed by atoms with Crippen LogP contribution in [0.15, 0.2) is 80.1 Å². The van der Waals surface area contributed by atoms with Crippen molar-refractivity contribution >= 4 is 33.4 Å². The molecule has 0 saturated heterocycles. The molecule has 28 heavy (non-hydrogen) atoms.